The summed E-state index contributed by atoms with van der Waals surface area (Å²) in [6.45, 7) is 1.05. The maximum Gasteiger partial charge on any atom is 0.313 e. The monoisotopic (exact) mass is 324 g/mol. The summed E-state index contributed by atoms with van der Waals surface area (Å²) in [5.74, 6) is -0.0699. The summed E-state index contributed by atoms with van der Waals surface area (Å²) < 4.78 is 5.05. The number of fused-ring (bicyclic) bond motifs is 2. The van der Waals surface area contributed by atoms with Gasteiger partial charge in [-0.05, 0) is 30.2 Å². The number of hydrogen-bond acceptors (Lipinski definition) is 4. The molecule has 1 aromatic carbocycles. The Hall–Kier alpha value is -2.43. The first-order valence-corrected chi connectivity index (χ1v) is 8.37. The van der Waals surface area contributed by atoms with Crippen LogP contribution in [0.4, 0.5) is 0 Å². The topological polar surface area (TPSA) is 59.5 Å². The van der Waals surface area contributed by atoms with Gasteiger partial charge in [0.05, 0.1) is 12.5 Å². The maximum absolute atomic E-state index is 13.1. The molecule has 0 radical (unpaired) electrons. The van der Waals surface area contributed by atoms with Gasteiger partial charge in [0.2, 0.25) is 0 Å². The van der Waals surface area contributed by atoms with Crippen LogP contribution in [0.15, 0.2) is 36.5 Å². The van der Waals surface area contributed by atoms with E-state index in [1.807, 2.05) is 30.3 Å². The van der Waals surface area contributed by atoms with Crippen LogP contribution >= 0.6 is 0 Å². The van der Waals surface area contributed by atoms with Crippen molar-refractivity contribution < 1.29 is 14.3 Å². The van der Waals surface area contributed by atoms with E-state index in [-0.39, 0.29) is 17.8 Å². The van der Waals surface area contributed by atoms with Crippen LogP contribution in [0.1, 0.15) is 29.8 Å². The summed E-state index contributed by atoms with van der Waals surface area (Å²) in [6, 6.07) is 9.66. The summed E-state index contributed by atoms with van der Waals surface area (Å²) >= 11 is 0. The van der Waals surface area contributed by atoms with E-state index in [9.17, 15) is 9.59 Å². The van der Waals surface area contributed by atoms with E-state index < -0.39 is 5.41 Å². The lowest BCUT2D eigenvalue weighted by Crippen LogP contribution is -2.38. The number of pyridine rings is 1. The average molecular weight is 324 g/mol. The summed E-state index contributed by atoms with van der Waals surface area (Å²) in [7, 11) is 1.43. The van der Waals surface area contributed by atoms with E-state index in [4.69, 9.17) is 4.74 Å². The number of nitrogens with zero attached hydrogens (tertiary/aromatic N) is 2. The second-order valence-corrected chi connectivity index (χ2v) is 6.80. The Labute approximate surface area is 140 Å². The molecule has 24 heavy (non-hydrogen) atoms. The number of amides is 1. The number of hydrogen-bond donors (Lipinski definition) is 0. The molecular formula is C19H20N2O3. The van der Waals surface area contributed by atoms with E-state index in [2.05, 4.69) is 4.98 Å². The average Bonchev–Trinajstić information content (AvgIpc) is 3.18. The van der Waals surface area contributed by atoms with Crippen LogP contribution in [-0.2, 0) is 9.53 Å². The number of rotatable bonds is 2. The normalized spacial score (nSPS) is 25.7. The van der Waals surface area contributed by atoms with Gasteiger partial charge in [0.1, 0.15) is 5.69 Å². The van der Waals surface area contributed by atoms with Gasteiger partial charge in [-0.15, -0.1) is 0 Å². The van der Waals surface area contributed by atoms with E-state index >= 15 is 0 Å². The highest BCUT2D eigenvalue weighted by molar-refractivity contribution is 6.05. The van der Waals surface area contributed by atoms with E-state index in [1.54, 1.807) is 11.1 Å². The zero-order valence-electron chi connectivity index (χ0n) is 13.7. The Morgan fingerprint density at radius 2 is 2.12 bits per heavy atom. The van der Waals surface area contributed by atoms with Crippen LogP contribution in [0.5, 0.6) is 0 Å². The van der Waals surface area contributed by atoms with Gasteiger partial charge < -0.3 is 9.64 Å². The fourth-order valence-corrected chi connectivity index (χ4v) is 4.42. The molecule has 0 unspecified atom stereocenters. The molecule has 1 aromatic heterocycles. The van der Waals surface area contributed by atoms with Crippen molar-refractivity contribution in [3.05, 3.63) is 42.2 Å². The van der Waals surface area contributed by atoms with Crippen LogP contribution in [0.2, 0.25) is 0 Å². The van der Waals surface area contributed by atoms with Gasteiger partial charge in [-0.3, -0.25) is 14.6 Å². The van der Waals surface area contributed by atoms with Crippen molar-refractivity contribution >= 4 is 22.6 Å². The van der Waals surface area contributed by atoms with Crippen molar-refractivity contribution in [2.24, 2.45) is 11.3 Å². The number of carbonyl (C=O) groups is 2. The molecule has 5 heteroatoms. The SMILES string of the molecule is COC(=O)[C@@]12CCC[C@@H]1CN(C(=O)c1nccc3ccccc13)C2. The first-order valence-electron chi connectivity index (χ1n) is 8.37. The van der Waals surface area contributed by atoms with Gasteiger partial charge >= 0.3 is 5.97 Å². The van der Waals surface area contributed by atoms with Crippen LogP contribution in [0, 0.1) is 11.3 Å². The molecule has 2 heterocycles. The number of methoxy groups -OCH3 is 1. The lowest BCUT2D eigenvalue weighted by Gasteiger charge is -2.25. The van der Waals surface area contributed by atoms with Crippen molar-refractivity contribution in [1.29, 1.82) is 0 Å². The first kappa shape index (κ1) is 15.1. The largest absolute Gasteiger partial charge is 0.469 e. The quantitative estimate of drug-likeness (QED) is 0.797. The van der Waals surface area contributed by atoms with Crippen LogP contribution in [-0.4, -0.2) is 42.0 Å². The Morgan fingerprint density at radius 1 is 1.29 bits per heavy atom. The molecule has 1 amide bonds. The maximum atomic E-state index is 13.1. The number of esters is 1. The van der Waals surface area contributed by atoms with Gasteiger partial charge in [0, 0.05) is 24.7 Å². The van der Waals surface area contributed by atoms with Gasteiger partial charge in [0.25, 0.3) is 5.91 Å². The number of carbonyl (C=O) groups excluding carboxylic acids is 2. The lowest BCUT2D eigenvalue weighted by molar-refractivity contribution is -0.153. The Kier molecular flexibility index (Phi) is 3.52. The third-order valence-electron chi connectivity index (χ3n) is 5.63. The molecule has 2 aliphatic rings. The second kappa shape index (κ2) is 5.58. The van der Waals surface area contributed by atoms with Crippen molar-refractivity contribution in [2.45, 2.75) is 19.3 Å². The summed E-state index contributed by atoms with van der Waals surface area (Å²) in [5, 5.41) is 1.85. The fraction of sp³-hybridized carbons (Fsp3) is 0.421. The van der Waals surface area contributed by atoms with Gasteiger partial charge in [-0.1, -0.05) is 30.7 Å². The number of aromatic nitrogens is 1. The third kappa shape index (κ3) is 2.11. The highest BCUT2D eigenvalue weighted by Gasteiger charge is 2.56. The first-order chi connectivity index (χ1) is 11.7. The number of ether oxygens (including phenoxy) is 1. The zero-order valence-corrected chi connectivity index (χ0v) is 13.7. The van der Waals surface area contributed by atoms with Gasteiger partial charge in [-0.2, -0.15) is 0 Å². The van der Waals surface area contributed by atoms with Gasteiger partial charge in [-0.25, -0.2) is 0 Å². The lowest BCUT2D eigenvalue weighted by atomic mass is 9.81. The molecule has 1 aliphatic heterocycles. The van der Waals surface area contributed by atoms with Crippen LogP contribution < -0.4 is 0 Å². The molecular weight excluding hydrogens is 304 g/mol. The van der Waals surface area contributed by atoms with Crippen molar-refractivity contribution in [3.63, 3.8) is 0 Å². The summed E-state index contributed by atoms with van der Waals surface area (Å²) in [5.41, 5.74) is -0.0530. The van der Waals surface area contributed by atoms with Crippen LogP contribution in [0.3, 0.4) is 0 Å². The summed E-state index contributed by atoms with van der Waals surface area (Å²) in [4.78, 5) is 31.5. The standard InChI is InChI=1S/C19H20N2O3/c1-24-18(23)19-9-4-6-14(19)11-21(12-19)17(22)16-15-7-3-2-5-13(15)8-10-20-16/h2-3,5,7-8,10,14H,4,6,9,11-12H2,1H3/t14-,19-/m1/s1. The Balaban J connectivity index is 1.68. The molecule has 124 valence electrons. The molecule has 0 bridgehead atoms. The predicted octanol–water partition coefficient (Wildman–Crippen LogP) is 2.65. The number of benzene rings is 1. The van der Waals surface area contributed by atoms with E-state index in [0.29, 0.717) is 18.8 Å². The Bertz CT molecular complexity index is 814. The van der Waals surface area contributed by atoms with Crippen molar-refractivity contribution in [3.8, 4) is 0 Å². The molecule has 2 fully saturated rings. The molecule has 1 saturated carbocycles. The van der Waals surface area contributed by atoms with Crippen molar-refractivity contribution in [2.75, 3.05) is 20.2 Å². The fourth-order valence-electron chi connectivity index (χ4n) is 4.42. The molecule has 2 aromatic rings. The highest BCUT2D eigenvalue weighted by Crippen LogP contribution is 2.49. The predicted molar refractivity (Wildman–Crippen MR) is 89.4 cm³/mol. The van der Waals surface area contributed by atoms with Gasteiger partial charge in [0.15, 0.2) is 0 Å². The third-order valence-corrected chi connectivity index (χ3v) is 5.63. The summed E-state index contributed by atoms with van der Waals surface area (Å²) in [6.07, 6.45) is 4.47. The minimum atomic E-state index is -0.519. The van der Waals surface area contributed by atoms with Crippen LogP contribution in [0.25, 0.3) is 10.8 Å². The molecule has 0 spiro atoms. The molecule has 1 saturated heterocycles. The Morgan fingerprint density at radius 3 is 2.96 bits per heavy atom. The molecule has 1 aliphatic carbocycles. The molecule has 4 rings (SSSR count). The van der Waals surface area contributed by atoms with Crippen molar-refractivity contribution in [1.82, 2.24) is 9.88 Å². The number of likely N-dealkylation sites (tertiary alicyclic amines) is 1. The smallest absolute Gasteiger partial charge is 0.313 e. The minimum absolute atomic E-state index is 0.0931. The highest BCUT2D eigenvalue weighted by atomic mass is 16.5. The molecule has 2 atom stereocenters. The minimum Gasteiger partial charge on any atom is -0.469 e. The molecule has 0 N–H and O–H groups in total. The van der Waals surface area contributed by atoms with E-state index in [0.717, 1.165) is 30.0 Å². The molecule has 5 nitrogen and oxygen atoms in total. The zero-order chi connectivity index (χ0) is 16.7. The van der Waals surface area contributed by atoms with E-state index in [1.165, 1.54) is 7.11 Å². The second-order valence-electron chi connectivity index (χ2n) is 6.80.